The Bertz CT molecular complexity index is 1150. The molecule has 0 aliphatic carbocycles. The molecule has 30 heavy (non-hydrogen) atoms. The van der Waals surface area contributed by atoms with Crippen LogP contribution in [0.1, 0.15) is 22.6 Å². The number of aryl methyl sites for hydroxylation is 3. The number of nitrogens with two attached hydrogens (primary N) is 1. The first-order valence-electron chi connectivity index (χ1n) is 8.63. The molecule has 3 rings (SSSR count). The van der Waals surface area contributed by atoms with Gasteiger partial charge in [0.1, 0.15) is 0 Å². The standard InChI is InChI=1S/C18H21N7O3S.ClH/c1-10-9-11(2)21-18(20-10)23-17(19)22-14-5-7-15(8-6-14)29(26,27)25-16-12(3)13(4)24-28-16;/h5-9,25H,1-4H3,(H3,19,20,21,22,23);1H/p-1. The van der Waals surface area contributed by atoms with Gasteiger partial charge in [-0.05, 0) is 58.0 Å². The van der Waals surface area contributed by atoms with Gasteiger partial charge >= 0.3 is 0 Å². The third kappa shape index (κ3) is 5.45. The van der Waals surface area contributed by atoms with E-state index in [0.717, 1.165) is 11.4 Å². The van der Waals surface area contributed by atoms with Crippen LogP contribution in [-0.2, 0) is 10.0 Å². The maximum absolute atomic E-state index is 12.5. The Hall–Kier alpha value is -3.18. The van der Waals surface area contributed by atoms with E-state index in [1.54, 1.807) is 26.0 Å². The van der Waals surface area contributed by atoms with E-state index in [1.165, 1.54) is 12.1 Å². The number of nitrogens with one attached hydrogen (secondary N) is 2. The smallest absolute Gasteiger partial charge is 0.264 e. The Labute approximate surface area is 180 Å². The fraction of sp³-hybridized carbons (Fsp3) is 0.222. The molecule has 3 aromatic rings. The summed E-state index contributed by atoms with van der Waals surface area (Å²) in [5.41, 5.74) is 9.25. The fourth-order valence-corrected chi connectivity index (χ4v) is 3.50. The molecular formula is C18H21ClN7O3S-. The molecule has 2 heterocycles. The molecule has 12 heteroatoms. The Morgan fingerprint density at radius 3 is 2.20 bits per heavy atom. The lowest BCUT2D eigenvalue weighted by atomic mass is 10.3. The summed E-state index contributed by atoms with van der Waals surface area (Å²) in [5, 5.41) is 6.61. The van der Waals surface area contributed by atoms with E-state index >= 15 is 0 Å². The minimum Gasteiger partial charge on any atom is -1.00 e. The zero-order valence-electron chi connectivity index (χ0n) is 16.8. The summed E-state index contributed by atoms with van der Waals surface area (Å²) in [4.78, 5) is 12.6. The lowest BCUT2D eigenvalue weighted by Crippen LogP contribution is -3.00. The lowest BCUT2D eigenvalue weighted by Gasteiger charge is -2.08. The SMILES string of the molecule is Cc1cc(C)nc(/N=C(\N)Nc2ccc(S(=O)(=O)Nc3onc(C)c3C)cc2)n1.[Cl-]. The number of anilines is 2. The predicted octanol–water partition coefficient (Wildman–Crippen LogP) is -0.439. The van der Waals surface area contributed by atoms with E-state index in [4.69, 9.17) is 10.3 Å². The number of aliphatic imine (C=N–C) groups is 1. The van der Waals surface area contributed by atoms with Gasteiger partial charge in [0.2, 0.25) is 11.8 Å². The predicted molar refractivity (Wildman–Crippen MR) is 110 cm³/mol. The number of rotatable bonds is 5. The van der Waals surface area contributed by atoms with Gasteiger partial charge in [0.25, 0.3) is 16.0 Å². The largest absolute Gasteiger partial charge is 1.00 e. The summed E-state index contributed by atoms with van der Waals surface area (Å²) in [6, 6.07) is 7.83. The van der Waals surface area contributed by atoms with Gasteiger partial charge in [-0.1, -0.05) is 5.16 Å². The number of guanidine groups is 1. The molecule has 0 fully saturated rings. The second kappa shape index (κ2) is 9.09. The van der Waals surface area contributed by atoms with Gasteiger partial charge in [0.15, 0.2) is 0 Å². The van der Waals surface area contributed by atoms with Crippen molar-refractivity contribution in [3.05, 3.63) is 53.0 Å². The molecule has 160 valence electrons. The Balaban J connectivity index is 0.00000320. The molecule has 0 aliphatic heterocycles. The van der Waals surface area contributed by atoms with Crippen LogP contribution in [0.15, 0.2) is 44.7 Å². The van der Waals surface area contributed by atoms with E-state index in [-0.39, 0.29) is 35.1 Å². The van der Waals surface area contributed by atoms with Crippen molar-refractivity contribution in [1.82, 2.24) is 15.1 Å². The zero-order valence-corrected chi connectivity index (χ0v) is 18.3. The monoisotopic (exact) mass is 450 g/mol. The molecule has 2 aromatic heterocycles. The molecule has 0 aliphatic rings. The number of hydrogen-bond donors (Lipinski definition) is 3. The van der Waals surface area contributed by atoms with Gasteiger partial charge in [0.05, 0.1) is 10.6 Å². The summed E-state index contributed by atoms with van der Waals surface area (Å²) in [6.45, 7) is 7.13. The number of sulfonamides is 1. The van der Waals surface area contributed by atoms with Crippen LogP contribution in [-0.4, -0.2) is 29.5 Å². The van der Waals surface area contributed by atoms with Crippen molar-refractivity contribution in [2.24, 2.45) is 10.7 Å². The molecule has 0 atom stereocenters. The molecule has 0 spiro atoms. The second-order valence-corrected chi connectivity index (χ2v) is 8.11. The molecule has 0 radical (unpaired) electrons. The van der Waals surface area contributed by atoms with Crippen molar-refractivity contribution in [1.29, 1.82) is 0 Å². The molecule has 0 unspecified atom stereocenters. The first kappa shape index (κ1) is 23.1. The summed E-state index contributed by atoms with van der Waals surface area (Å²) < 4.78 is 32.4. The van der Waals surface area contributed by atoms with Crippen molar-refractivity contribution in [3.63, 3.8) is 0 Å². The first-order valence-corrected chi connectivity index (χ1v) is 10.1. The van der Waals surface area contributed by atoms with E-state index in [9.17, 15) is 8.42 Å². The van der Waals surface area contributed by atoms with E-state index in [0.29, 0.717) is 16.9 Å². The highest BCUT2D eigenvalue weighted by molar-refractivity contribution is 7.92. The van der Waals surface area contributed by atoms with E-state index in [1.807, 2.05) is 19.9 Å². The minimum absolute atomic E-state index is 0. The number of hydrogen-bond acceptors (Lipinski definition) is 7. The highest BCUT2D eigenvalue weighted by atomic mass is 35.5. The van der Waals surface area contributed by atoms with Crippen LogP contribution in [0.3, 0.4) is 0 Å². The van der Waals surface area contributed by atoms with Crippen molar-refractivity contribution >= 4 is 33.5 Å². The van der Waals surface area contributed by atoms with Crippen molar-refractivity contribution in [3.8, 4) is 0 Å². The van der Waals surface area contributed by atoms with Gasteiger partial charge in [-0.15, -0.1) is 0 Å². The zero-order chi connectivity index (χ0) is 21.2. The number of benzene rings is 1. The Morgan fingerprint density at radius 2 is 1.67 bits per heavy atom. The number of nitrogens with zero attached hydrogens (tertiary/aromatic N) is 4. The normalized spacial score (nSPS) is 11.7. The summed E-state index contributed by atoms with van der Waals surface area (Å²) in [6.07, 6.45) is 0. The minimum atomic E-state index is -3.82. The second-order valence-electron chi connectivity index (χ2n) is 6.42. The molecule has 10 nitrogen and oxygen atoms in total. The van der Waals surface area contributed by atoms with Crippen LogP contribution >= 0.6 is 0 Å². The molecule has 0 saturated heterocycles. The number of halogens is 1. The van der Waals surface area contributed by atoms with Crippen molar-refractivity contribution in [2.75, 3.05) is 10.0 Å². The van der Waals surface area contributed by atoms with E-state index < -0.39 is 10.0 Å². The van der Waals surface area contributed by atoms with Gasteiger partial charge in [-0.3, -0.25) is 0 Å². The van der Waals surface area contributed by atoms with E-state index in [2.05, 4.69) is 30.2 Å². The fourth-order valence-electron chi connectivity index (χ4n) is 2.45. The lowest BCUT2D eigenvalue weighted by molar-refractivity contribution is -0.00000951. The summed E-state index contributed by atoms with van der Waals surface area (Å²) in [7, 11) is -3.82. The molecule has 4 N–H and O–H groups in total. The average Bonchev–Trinajstić information content (AvgIpc) is 2.93. The quantitative estimate of drug-likeness (QED) is 0.350. The third-order valence-electron chi connectivity index (χ3n) is 4.01. The average molecular weight is 451 g/mol. The molecule has 1 aromatic carbocycles. The van der Waals surface area contributed by atoms with Gasteiger partial charge < -0.3 is 28.0 Å². The van der Waals surface area contributed by atoms with Crippen LogP contribution in [0.5, 0.6) is 0 Å². The first-order chi connectivity index (χ1) is 13.6. The van der Waals surface area contributed by atoms with Crippen LogP contribution in [0.4, 0.5) is 17.5 Å². The van der Waals surface area contributed by atoms with Gasteiger partial charge in [-0.2, -0.15) is 4.99 Å². The van der Waals surface area contributed by atoms with Gasteiger partial charge in [0, 0.05) is 22.6 Å². The maximum atomic E-state index is 12.5. The molecular weight excluding hydrogens is 430 g/mol. The third-order valence-corrected chi connectivity index (χ3v) is 5.36. The molecule has 0 bridgehead atoms. The highest BCUT2D eigenvalue weighted by Gasteiger charge is 2.19. The van der Waals surface area contributed by atoms with Crippen LogP contribution in [0.25, 0.3) is 0 Å². The van der Waals surface area contributed by atoms with Crippen LogP contribution < -0.4 is 28.2 Å². The van der Waals surface area contributed by atoms with Crippen molar-refractivity contribution < 1.29 is 25.3 Å². The van der Waals surface area contributed by atoms with Gasteiger partial charge in [-0.25, -0.2) is 23.1 Å². The summed E-state index contributed by atoms with van der Waals surface area (Å²) >= 11 is 0. The van der Waals surface area contributed by atoms with Crippen molar-refractivity contribution in [2.45, 2.75) is 32.6 Å². The number of aromatic nitrogens is 3. The Morgan fingerprint density at radius 1 is 1.07 bits per heavy atom. The summed E-state index contributed by atoms with van der Waals surface area (Å²) in [5.74, 6) is 0.416. The van der Waals surface area contributed by atoms with Crippen LogP contribution in [0, 0.1) is 27.7 Å². The molecule has 0 amide bonds. The Kier molecular flexibility index (Phi) is 7.00. The highest BCUT2D eigenvalue weighted by Crippen LogP contribution is 2.22. The topological polar surface area (TPSA) is 148 Å². The molecule has 0 saturated carbocycles. The van der Waals surface area contributed by atoms with Crippen LogP contribution in [0.2, 0.25) is 0 Å². The maximum Gasteiger partial charge on any atom is 0.264 e.